The Balaban J connectivity index is 0. The van der Waals surface area contributed by atoms with E-state index in [1.165, 1.54) is 32.1 Å². The van der Waals surface area contributed by atoms with Gasteiger partial charge < -0.3 is 10.2 Å². The van der Waals surface area contributed by atoms with Gasteiger partial charge in [0, 0.05) is 25.7 Å². The Hall–Kier alpha value is 0.504. The van der Waals surface area contributed by atoms with Gasteiger partial charge >= 0.3 is 0 Å². The van der Waals surface area contributed by atoms with E-state index in [2.05, 4.69) is 0 Å². The summed E-state index contributed by atoms with van der Waals surface area (Å²) in [5.41, 5.74) is -0.430. The predicted octanol–water partition coefficient (Wildman–Crippen LogP) is 1.94. The van der Waals surface area contributed by atoms with E-state index >= 15 is 0 Å². The van der Waals surface area contributed by atoms with E-state index in [9.17, 15) is 5.11 Å². The van der Waals surface area contributed by atoms with Crippen molar-refractivity contribution < 1.29 is 28.8 Å². The Labute approximate surface area is 93.6 Å². The van der Waals surface area contributed by atoms with Crippen molar-refractivity contribution in [2.75, 3.05) is 7.11 Å². The minimum Gasteiger partial charge on any atom is -0.400 e. The second kappa shape index (κ2) is 7.87. The Morgan fingerprint density at radius 1 is 1.00 bits per heavy atom. The molecule has 2 N–H and O–H groups in total. The Morgan fingerprint density at radius 3 is 1.62 bits per heavy atom. The van der Waals surface area contributed by atoms with Gasteiger partial charge in [0.25, 0.3) is 0 Å². The molecule has 0 saturated heterocycles. The molecule has 1 radical (unpaired) electrons. The first-order valence-electron chi connectivity index (χ1n) is 4.78. The summed E-state index contributed by atoms with van der Waals surface area (Å²) in [6.07, 6.45) is 6.45. The maximum atomic E-state index is 9.64. The van der Waals surface area contributed by atoms with Crippen LogP contribution in [0.1, 0.15) is 46.0 Å². The van der Waals surface area contributed by atoms with Crippen LogP contribution in [0.3, 0.4) is 0 Å². The zero-order chi connectivity index (χ0) is 9.61. The van der Waals surface area contributed by atoms with Crippen LogP contribution in [0.2, 0.25) is 0 Å². The van der Waals surface area contributed by atoms with Crippen LogP contribution in [0.4, 0.5) is 0 Å². The molecule has 13 heavy (non-hydrogen) atoms. The first-order chi connectivity index (χ1) is 5.61. The van der Waals surface area contributed by atoms with Crippen molar-refractivity contribution in [2.45, 2.75) is 51.6 Å². The van der Waals surface area contributed by atoms with Gasteiger partial charge in [-0.05, 0) is 32.6 Å². The summed E-state index contributed by atoms with van der Waals surface area (Å²) in [6, 6.07) is 0. The summed E-state index contributed by atoms with van der Waals surface area (Å²) in [5, 5.41) is 16.6. The van der Waals surface area contributed by atoms with Crippen LogP contribution in [0.25, 0.3) is 0 Å². The minimum absolute atomic E-state index is 0. The van der Waals surface area contributed by atoms with Crippen molar-refractivity contribution in [1.29, 1.82) is 0 Å². The molecule has 0 aromatic rings. The normalized spacial score (nSPS) is 18.2. The molecule has 1 fully saturated rings. The minimum atomic E-state index is -0.430. The van der Waals surface area contributed by atoms with E-state index in [1.54, 1.807) is 0 Å². The smallest absolute Gasteiger partial charge is 0.0619 e. The number of rotatable bonds is 1. The molecule has 0 spiro atoms. The van der Waals surface area contributed by atoms with Crippen LogP contribution in [-0.4, -0.2) is 22.9 Å². The summed E-state index contributed by atoms with van der Waals surface area (Å²) >= 11 is 0. The average Bonchev–Trinajstić information content (AvgIpc) is 2.08. The van der Waals surface area contributed by atoms with E-state index in [0.29, 0.717) is 5.92 Å². The molecule has 1 saturated carbocycles. The van der Waals surface area contributed by atoms with E-state index in [0.717, 1.165) is 7.11 Å². The molecule has 79 valence electrons. The summed E-state index contributed by atoms with van der Waals surface area (Å²) < 4.78 is 0. The van der Waals surface area contributed by atoms with Crippen LogP contribution in [0.15, 0.2) is 0 Å². The molecule has 0 aromatic carbocycles. The van der Waals surface area contributed by atoms with Crippen LogP contribution < -0.4 is 0 Å². The van der Waals surface area contributed by atoms with Gasteiger partial charge in [-0.25, -0.2) is 0 Å². The van der Waals surface area contributed by atoms with Crippen molar-refractivity contribution in [3.8, 4) is 0 Å². The Morgan fingerprint density at radius 2 is 1.38 bits per heavy atom. The quantitative estimate of drug-likeness (QED) is 0.716. The maximum absolute atomic E-state index is 9.64. The number of hydrogen-bond acceptors (Lipinski definition) is 2. The van der Waals surface area contributed by atoms with Gasteiger partial charge in [0.2, 0.25) is 0 Å². The molecular weight excluding hydrogens is 203 g/mol. The summed E-state index contributed by atoms with van der Waals surface area (Å²) in [5.74, 6) is 0.557. The third kappa shape index (κ3) is 6.56. The third-order valence-electron chi connectivity index (χ3n) is 2.60. The number of hydrogen-bond donors (Lipinski definition) is 2. The fraction of sp³-hybridized carbons (Fsp3) is 1.00. The molecule has 0 heterocycles. The van der Waals surface area contributed by atoms with Crippen LogP contribution >= 0.6 is 0 Å². The molecule has 0 unspecified atom stereocenters. The molecule has 1 aliphatic rings. The van der Waals surface area contributed by atoms with Crippen LogP contribution in [-0.2, 0) is 18.6 Å². The zero-order valence-electron chi connectivity index (χ0n) is 8.95. The topological polar surface area (TPSA) is 40.5 Å². The molecule has 1 aliphatic carbocycles. The van der Waals surface area contributed by atoms with E-state index in [-0.39, 0.29) is 18.6 Å². The van der Waals surface area contributed by atoms with Crippen molar-refractivity contribution >= 4 is 0 Å². The first-order valence-corrected chi connectivity index (χ1v) is 4.78. The second-order valence-electron chi connectivity index (χ2n) is 3.99. The fourth-order valence-corrected chi connectivity index (χ4v) is 1.81. The van der Waals surface area contributed by atoms with Gasteiger partial charge in [0.1, 0.15) is 0 Å². The van der Waals surface area contributed by atoms with E-state index in [4.69, 9.17) is 5.11 Å². The third-order valence-corrected chi connectivity index (χ3v) is 2.60. The van der Waals surface area contributed by atoms with Gasteiger partial charge in [0.15, 0.2) is 0 Å². The fourth-order valence-electron chi connectivity index (χ4n) is 1.81. The molecule has 1 rings (SSSR count). The maximum Gasteiger partial charge on any atom is 0.0619 e. The number of aliphatic hydroxyl groups excluding tert-OH is 1. The molecule has 0 bridgehead atoms. The van der Waals surface area contributed by atoms with Crippen molar-refractivity contribution in [3.05, 3.63) is 0 Å². The SMILES string of the molecule is CC(C)(O)C1CCCCC1.CO.[V]. The van der Waals surface area contributed by atoms with Crippen molar-refractivity contribution in [2.24, 2.45) is 5.92 Å². The molecule has 0 aromatic heterocycles. The standard InChI is InChI=1S/C9H18O.CH4O.V/c1-9(2,10)8-6-4-3-5-7-8;1-2;/h8,10H,3-7H2,1-2H3;2H,1H3;. The molecule has 0 amide bonds. The van der Waals surface area contributed by atoms with Gasteiger partial charge in [-0.3, -0.25) is 0 Å². The van der Waals surface area contributed by atoms with E-state index in [1.807, 2.05) is 13.8 Å². The number of aliphatic hydroxyl groups is 2. The van der Waals surface area contributed by atoms with Gasteiger partial charge in [-0.2, -0.15) is 0 Å². The largest absolute Gasteiger partial charge is 0.400 e. The predicted molar refractivity (Wildman–Crippen MR) is 51.0 cm³/mol. The molecule has 2 nitrogen and oxygen atoms in total. The van der Waals surface area contributed by atoms with Gasteiger partial charge in [0.05, 0.1) is 5.60 Å². The van der Waals surface area contributed by atoms with Gasteiger partial charge in [-0.1, -0.05) is 19.3 Å². The Bertz CT molecular complexity index is 104. The van der Waals surface area contributed by atoms with E-state index < -0.39 is 5.60 Å². The zero-order valence-corrected chi connectivity index (χ0v) is 10.4. The molecular formula is C10H22O2V. The molecule has 0 atom stereocenters. The first kappa shape index (κ1) is 16.0. The monoisotopic (exact) mass is 225 g/mol. The summed E-state index contributed by atoms with van der Waals surface area (Å²) in [6.45, 7) is 3.87. The van der Waals surface area contributed by atoms with Crippen molar-refractivity contribution in [1.82, 2.24) is 0 Å². The Kier molecular flexibility index (Phi) is 9.65. The van der Waals surface area contributed by atoms with Crippen molar-refractivity contribution in [3.63, 3.8) is 0 Å². The second-order valence-corrected chi connectivity index (χ2v) is 3.99. The van der Waals surface area contributed by atoms with Crippen LogP contribution in [0.5, 0.6) is 0 Å². The van der Waals surface area contributed by atoms with Gasteiger partial charge in [-0.15, -0.1) is 0 Å². The molecule has 3 heteroatoms. The molecule has 0 aliphatic heterocycles. The summed E-state index contributed by atoms with van der Waals surface area (Å²) in [7, 11) is 1.00. The van der Waals surface area contributed by atoms with Crippen LogP contribution in [0, 0.1) is 5.92 Å². The average molecular weight is 225 g/mol. The summed E-state index contributed by atoms with van der Waals surface area (Å²) in [4.78, 5) is 0.